The molecule has 2 aromatic rings. The summed E-state index contributed by atoms with van der Waals surface area (Å²) < 4.78 is 13.4. The van der Waals surface area contributed by atoms with Gasteiger partial charge in [0.25, 0.3) is 0 Å². The summed E-state index contributed by atoms with van der Waals surface area (Å²) in [7, 11) is 0. The molecular formula is C16H19FN2S. The number of hydrazine groups is 1. The van der Waals surface area contributed by atoms with Gasteiger partial charge in [0.2, 0.25) is 0 Å². The number of benzene rings is 2. The van der Waals surface area contributed by atoms with E-state index in [9.17, 15) is 4.39 Å². The highest BCUT2D eigenvalue weighted by molar-refractivity contribution is 7.99. The number of aryl methyl sites for hydroxylation is 2. The molecule has 0 amide bonds. The molecule has 106 valence electrons. The lowest BCUT2D eigenvalue weighted by Crippen LogP contribution is -2.30. The van der Waals surface area contributed by atoms with E-state index in [2.05, 4.69) is 24.5 Å². The molecule has 1 unspecified atom stereocenters. The van der Waals surface area contributed by atoms with Crippen LogP contribution in [-0.4, -0.2) is 5.75 Å². The number of hydrogen-bond donors (Lipinski definition) is 2. The van der Waals surface area contributed by atoms with E-state index in [0.29, 0.717) is 0 Å². The second-order valence-corrected chi connectivity index (χ2v) is 5.86. The van der Waals surface area contributed by atoms with Crippen molar-refractivity contribution < 1.29 is 4.39 Å². The van der Waals surface area contributed by atoms with Gasteiger partial charge in [-0.2, -0.15) is 0 Å². The zero-order valence-corrected chi connectivity index (χ0v) is 12.5. The molecule has 0 aliphatic heterocycles. The predicted molar refractivity (Wildman–Crippen MR) is 83.1 cm³/mol. The van der Waals surface area contributed by atoms with E-state index in [1.807, 2.05) is 19.1 Å². The van der Waals surface area contributed by atoms with E-state index in [1.54, 1.807) is 23.9 Å². The van der Waals surface area contributed by atoms with Gasteiger partial charge in [-0.3, -0.25) is 11.3 Å². The van der Waals surface area contributed by atoms with Gasteiger partial charge >= 0.3 is 0 Å². The number of nitrogens with two attached hydrogens (primary N) is 1. The third kappa shape index (κ3) is 3.60. The first-order chi connectivity index (χ1) is 9.61. The molecule has 2 nitrogen and oxygen atoms in total. The van der Waals surface area contributed by atoms with Crippen LogP contribution in [0.3, 0.4) is 0 Å². The van der Waals surface area contributed by atoms with Crippen LogP contribution in [0.2, 0.25) is 0 Å². The average molecular weight is 290 g/mol. The van der Waals surface area contributed by atoms with Crippen molar-refractivity contribution in [3.63, 3.8) is 0 Å². The maximum Gasteiger partial charge on any atom is 0.123 e. The van der Waals surface area contributed by atoms with Crippen molar-refractivity contribution in [2.24, 2.45) is 5.84 Å². The lowest BCUT2D eigenvalue weighted by molar-refractivity contribution is 0.588. The van der Waals surface area contributed by atoms with Crippen LogP contribution >= 0.6 is 11.8 Å². The molecule has 2 aromatic carbocycles. The number of thioether (sulfide) groups is 1. The van der Waals surface area contributed by atoms with E-state index >= 15 is 0 Å². The summed E-state index contributed by atoms with van der Waals surface area (Å²) in [6.45, 7) is 4.05. The van der Waals surface area contributed by atoms with Crippen molar-refractivity contribution in [1.29, 1.82) is 0 Å². The van der Waals surface area contributed by atoms with Gasteiger partial charge < -0.3 is 0 Å². The lowest BCUT2D eigenvalue weighted by Gasteiger charge is -2.18. The molecule has 3 N–H and O–H groups in total. The van der Waals surface area contributed by atoms with E-state index in [4.69, 9.17) is 5.84 Å². The average Bonchev–Trinajstić information content (AvgIpc) is 2.45. The zero-order chi connectivity index (χ0) is 14.5. The number of hydrogen-bond acceptors (Lipinski definition) is 3. The Hall–Kier alpha value is -1.36. The fraction of sp³-hybridized carbons (Fsp3) is 0.250. The summed E-state index contributed by atoms with van der Waals surface area (Å²) in [5.74, 6) is 6.17. The molecule has 0 aliphatic rings. The van der Waals surface area contributed by atoms with Gasteiger partial charge in [0, 0.05) is 10.6 Å². The zero-order valence-electron chi connectivity index (χ0n) is 11.7. The molecule has 0 saturated carbocycles. The lowest BCUT2D eigenvalue weighted by atomic mass is 10.0. The van der Waals surface area contributed by atoms with Crippen LogP contribution in [0.1, 0.15) is 22.7 Å². The maximum absolute atomic E-state index is 13.4. The Morgan fingerprint density at radius 2 is 1.90 bits per heavy atom. The Kier molecular flexibility index (Phi) is 5.17. The topological polar surface area (TPSA) is 38.0 Å². The molecule has 2 rings (SSSR count). The van der Waals surface area contributed by atoms with Crippen molar-refractivity contribution in [2.45, 2.75) is 24.8 Å². The Morgan fingerprint density at radius 1 is 1.15 bits per heavy atom. The molecule has 0 radical (unpaired) electrons. The summed E-state index contributed by atoms with van der Waals surface area (Å²) in [6.07, 6.45) is 0. The van der Waals surface area contributed by atoms with E-state index < -0.39 is 0 Å². The Bertz CT molecular complexity index is 586. The Balaban J connectivity index is 2.13. The minimum absolute atomic E-state index is 0.0738. The van der Waals surface area contributed by atoms with Crippen molar-refractivity contribution in [3.8, 4) is 0 Å². The van der Waals surface area contributed by atoms with E-state index in [1.165, 1.54) is 16.5 Å². The third-order valence-electron chi connectivity index (χ3n) is 3.32. The summed E-state index contributed by atoms with van der Waals surface area (Å²) >= 11 is 1.72. The molecule has 0 fully saturated rings. The summed E-state index contributed by atoms with van der Waals surface area (Å²) in [6, 6.07) is 13.0. The molecule has 20 heavy (non-hydrogen) atoms. The molecular weight excluding hydrogens is 271 g/mol. The summed E-state index contributed by atoms with van der Waals surface area (Å²) in [4.78, 5) is 1.22. The van der Waals surface area contributed by atoms with Crippen LogP contribution in [0, 0.1) is 19.7 Å². The first-order valence-corrected chi connectivity index (χ1v) is 7.51. The predicted octanol–water partition coefficient (Wildman–Crippen LogP) is 3.74. The number of rotatable bonds is 5. The van der Waals surface area contributed by atoms with Crippen LogP contribution in [0.25, 0.3) is 0 Å². The van der Waals surface area contributed by atoms with Crippen LogP contribution in [0.4, 0.5) is 4.39 Å². The molecule has 0 bridgehead atoms. The van der Waals surface area contributed by atoms with Crippen molar-refractivity contribution in [2.75, 3.05) is 5.75 Å². The van der Waals surface area contributed by atoms with Gasteiger partial charge in [0.1, 0.15) is 5.82 Å². The standard InChI is InChI=1S/C16H19FN2S/c1-11-7-8-13(17)9-14(11)15(19-18)10-20-16-6-4-3-5-12(16)2/h3-9,15,19H,10,18H2,1-2H3. The normalized spacial score (nSPS) is 12.4. The molecule has 0 aliphatic carbocycles. The van der Waals surface area contributed by atoms with Gasteiger partial charge in [-0.15, -0.1) is 11.8 Å². The van der Waals surface area contributed by atoms with Gasteiger partial charge in [-0.1, -0.05) is 24.3 Å². The fourth-order valence-corrected chi connectivity index (χ4v) is 3.20. The van der Waals surface area contributed by atoms with Gasteiger partial charge in [-0.05, 0) is 48.7 Å². The summed E-state index contributed by atoms with van der Waals surface area (Å²) in [5.41, 5.74) is 5.98. The Labute approximate surface area is 123 Å². The molecule has 4 heteroatoms. The smallest absolute Gasteiger partial charge is 0.123 e. The van der Waals surface area contributed by atoms with Crippen LogP contribution in [0.15, 0.2) is 47.4 Å². The SMILES string of the molecule is Cc1ccccc1SCC(NN)c1cc(F)ccc1C. The minimum atomic E-state index is -0.230. The maximum atomic E-state index is 13.4. The highest BCUT2D eigenvalue weighted by Crippen LogP contribution is 2.28. The van der Waals surface area contributed by atoms with Crippen LogP contribution in [0.5, 0.6) is 0 Å². The molecule has 0 heterocycles. The second kappa shape index (κ2) is 6.88. The summed E-state index contributed by atoms with van der Waals surface area (Å²) in [5, 5.41) is 0. The molecule has 1 atom stereocenters. The van der Waals surface area contributed by atoms with Crippen LogP contribution < -0.4 is 11.3 Å². The van der Waals surface area contributed by atoms with Gasteiger partial charge in [0.05, 0.1) is 6.04 Å². The Morgan fingerprint density at radius 3 is 2.60 bits per heavy atom. The second-order valence-electron chi connectivity index (χ2n) is 4.80. The molecule has 0 aromatic heterocycles. The van der Waals surface area contributed by atoms with Gasteiger partial charge in [-0.25, -0.2) is 4.39 Å². The number of halogens is 1. The van der Waals surface area contributed by atoms with E-state index in [0.717, 1.165) is 16.9 Å². The monoisotopic (exact) mass is 290 g/mol. The molecule has 0 saturated heterocycles. The largest absolute Gasteiger partial charge is 0.271 e. The highest BCUT2D eigenvalue weighted by Gasteiger charge is 2.14. The first-order valence-electron chi connectivity index (χ1n) is 6.52. The quantitative estimate of drug-likeness (QED) is 0.500. The minimum Gasteiger partial charge on any atom is -0.271 e. The third-order valence-corrected chi connectivity index (χ3v) is 4.59. The van der Waals surface area contributed by atoms with Crippen LogP contribution in [-0.2, 0) is 0 Å². The van der Waals surface area contributed by atoms with E-state index in [-0.39, 0.29) is 11.9 Å². The number of nitrogens with one attached hydrogen (secondary N) is 1. The van der Waals surface area contributed by atoms with Crippen molar-refractivity contribution in [3.05, 3.63) is 65.0 Å². The van der Waals surface area contributed by atoms with Crippen molar-refractivity contribution in [1.82, 2.24) is 5.43 Å². The fourth-order valence-electron chi connectivity index (χ4n) is 2.11. The van der Waals surface area contributed by atoms with Crippen molar-refractivity contribution >= 4 is 11.8 Å². The van der Waals surface area contributed by atoms with Gasteiger partial charge in [0.15, 0.2) is 0 Å². The highest BCUT2D eigenvalue weighted by atomic mass is 32.2. The first kappa shape index (κ1) is 15.0. The molecule has 0 spiro atoms.